The third-order valence-corrected chi connectivity index (χ3v) is 3.62. The van der Waals surface area contributed by atoms with Gasteiger partial charge in [0.2, 0.25) is 5.91 Å². The van der Waals surface area contributed by atoms with E-state index >= 15 is 0 Å². The van der Waals surface area contributed by atoms with Crippen molar-refractivity contribution in [3.63, 3.8) is 0 Å². The summed E-state index contributed by atoms with van der Waals surface area (Å²) in [5, 5.41) is 4.10. The van der Waals surface area contributed by atoms with Crippen LogP contribution in [0.1, 0.15) is 70.9 Å². The zero-order valence-electron chi connectivity index (χ0n) is 12.6. The Bertz CT molecular complexity index is 457. The topological polar surface area (TPSA) is 46.3 Å². The summed E-state index contributed by atoms with van der Waals surface area (Å²) < 4.78 is 5.46. The van der Waals surface area contributed by atoms with Crippen LogP contribution >= 0.6 is 0 Å². The van der Waals surface area contributed by atoms with E-state index in [1.54, 1.807) is 0 Å². The molecule has 1 atom stereocenters. The van der Waals surface area contributed by atoms with Gasteiger partial charge in [0.15, 0.2) is 5.76 Å². The predicted octanol–water partition coefficient (Wildman–Crippen LogP) is 3.51. The Morgan fingerprint density at radius 3 is 2.68 bits per heavy atom. The van der Waals surface area contributed by atoms with Crippen LogP contribution in [0.25, 0.3) is 0 Å². The van der Waals surface area contributed by atoms with E-state index in [1.165, 1.54) is 0 Å². The average molecular weight is 264 g/mol. The Morgan fingerprint density at radius 1 is 1.47 bits per heavy atom. The van der Waals surface area contributed by atoms with E-state index in [0.29, 0.717) is 5.92 Å². The van der Waals surface area contributed by atoms with Crippen molar-refractivity contribution in [2.75, 3.05) is 6.54 Å². The summed E-state index contributed by atoms with van der Waals surface area (Å²) in [6.45, 7) is 10.9. The van der Waals surface area contributed by atoms with Crippen molar-refractivity contribution in [1.29, 1.82) is 0 Å². The molecule has 1 saturated heterocycles. The maximum atomic E-state index is 12.5. The molecule has 19 heavy (non-hydrogen) atoms. The molecule has 0 saturated carbocycles. The molecule has 1 fully saturated rings. The van der Waals surface area contributed by atoms with Gasteiger partial charge in [-0.3, -0.25) is 4.79 Å². The summed E-state index contributed by atoms with van der Waals surface area (Å²) >= 11 is 0. The first kappa shape index (κ1) is 14.1. The second-order valence-electron chi connectivity index (χ2n) is 6.72. The smallest absolute Gasteiger partial charge is 0.228 e. The molecule has 1 aliphatic rings. The van der Waals surface area contributed by atoms with Crippen LogP contribution in [0.5, 0.6) is 0 Å². The van der Waals surface area contributed by atoms with Gasteiger partial charge in [-0.1, -0.05) is 39.8 Å². The van der Waals surface area contributed by atoms with E-state index in [2.05, 4.69) is 19.0 Å². The first-order valence-corrected chi connectivity index (χ1v) is 7.08. The zero-order chi connectivity index (χ0) is 14.2. The molecule has 0 aromatic carbocycles. The molecule has 4 nitrogen and oxygen atoms in total. The van der Waals surface area contributed by atoms with Crippen molar-refractivity contribution >= 4 is 5.91 Å². The van der Waals surface area contributed by atoms with Crippen molar-refractivity contribution in [3.05, 3.63) is 17.5 Å². The summed E-state index contributed by atoms with van der Waals surface area (Å²) in [5.41, 5.74) is 0.619. The van der Waals surface area contributed by atoms with Gasteiger partial charge in [0.25, 0.3) is 0 Å². The minimum atomic E-state index is -0.344. The van der Waals surface area contributed by atoms with Gasteiger partial charge in [0.05, 0.1) is 11.7 Å². The van der Waals surface area contributed by atoms with Crippen LogP contribution in [-0.2, 0) is 4.79 Å². The van der Waals surface area contributed by atoms with Crippen LogP contribution in [0.2, 0.25) is 0 Å². The van der Waals surface area contributed by atoms with Gasteiger partial charge in [-0.15, -0.1) is 0 Å². The molecule has 0 N–H and O–H groups in total. The molecule has 4 heteroatoms. The molecular weight excluding hydrogens is 240 g/mol. The number of nitrogens with zero attached hydrogens (tertiary/aromatic N) is 2. The van der Waals surface area contributed by atoms with Crippen LogP contribution in [0, 0.1) is 5.41 Å². The Hall–Kier alpha value is -1.32. The fourth-order valence-electron chi connectivity index (χ4n) is 2.47. The Kier molecular flexibility index (Phi) is 3.70. The number of carbonyl (C=O) groups is 1. The molecule has 1 unspecified atom stereocenters. The van der Waals surface area contributed by atoms with Crippen LogP contribution in [0.15, 0.2) is 10.6 Å². The molecule has 1 aromatic heterocycles. The average Bonchev–Trinajstić information content (AvgIpc) is 2.95. The highest BCUT2D eigenvalue weighted by Crippen LogP contribution is 2.36. The van der Waals surface area contributed by atoms with E-state index < -0.39 is 0 Å². The summed E-state index contributed by atoms with van der Waals surface area (Å²) in [5.74, 6) is 1.38. The van der Waals surface area contributed by atoms with Gasteiger partial charge < -0.3 is 9.42 Å². The molecule has 2 heterocycles. The lowest BCUT2D eigenvalue weighted by Gasteiger charge is -2.29. The quantitative estimate of drug-likeness (QED) is 0.821. The van der Waals surface area contributed by atoms with Gasteiger partial charge in [-0.25, -0.2) is 0 Å². The van der Waals surface area contributed by atoms with Gasteiger partial charge in [-0.2, -0.15) is 0 Å². The molecule has 2 rings (SSSR count). The first-order valence-electron chi connectivity index (χ1n) is 7.08. The van der Waals surface area contributed by atoms with E-state index in [1.807, 2.05) is 31.7 Å². The van der Waals surface area contributed by atoms with Crippen molar-refractivity contribution in [2.45, 2.75) is 59.4 Å². The number of amides is 1. The van der Waals surface area contributed by atoms with Crippen molar-refractivity contribution < 1.29 is 9.32 Å². The van der Waals surface area contributed by atoms with Crippen LogP contribution in [0.3, 0.4) is 0 Å². The van der Waals surface area contributed by atoms with Gasteiger partial charge >= 0.3 is 0 Å². The maximum Gasteiger partial charge on any atom is 0.228 e. The van der Waals surface area contributed by atoms with E-state index in [4.69, 9.17) is 4.52 Å². The highest BCUT2D eigenvalue weighted by molar-refractivity contribution is 5.82. The fraction of sp³-hybridized carbons (Fsp3) is 0.733. The van der Waals surface area contributed by atoms with Crippen molar-refractivity contribution in [3.8, 4) is 0 Å². The third-order valence-electron chi connectivity index (χ3n) is 3.62. The molecule has 0 spiro atoms. The summed E-state index contributed by atoms with van der Waals surface area (Å²) in [6.07, 6.45) is 2.00. The van der Waals surface area contributed by atoms with Gasteiger partial charge in [0, 0.05) is 18.0 Å². The zero-order valence-corrected chi connectivity index (χ0v) is 12.6. The molecule has 1 amide bonds. The minimum absolute atomic E-state index is 0.0618. The number of rotatable bonds is 2. The Labute approximate surface area is 115 Å². The second-order valence-corrected chi connectivity index (χ2v) is 6.72. The highest BCUT2D eigenvalue weighted by Gasteiger charge is 2.37. The van der Waals surface area contributed by atoms with E-state index in [0.717, 1.165) is 30.8 Å². The molecule has 0 bridgehead atoms. The van der Waals surface area contributed by atoms with E-state index in [-0.39, 0.29) is 17.4 Å². The molecular formula is C15H24N2O2. The summed E-state index contributed by atoms with van der Waals surface area (Å²) in [7, 11) is 0. The van der Waals surface area contributed by atoms with Gasteiger partial charge in [-0.05, 0) is 18.8 Å². The number of hydrogen-bond acceptors (Lipinski definition) is 3. The van der Waals surface area contributed by atoms with Crippen LogP contribution in [-0.4, -0.2) is 22.5 Å². The minimum Gasteiger partial charge on any atom is -0.359 e. The molecule has 1 aromatic rings. The Balaban J connectivity index is 2.21. The van der Waals surface area contributed by atoms with Crippen molar-refractivity contribution in [2.24, 2.45) is 5.41 Å². The fourth-order valence-corrected chi connectivity index (χ4v) is 2.47. The standard InChI is InChI=1S/C15H24N2O2/c1-10(2)11-9-13(19-16-11)12-7-6-8-17(12)14(18)15(3,4)5/h9-10,12H,6-8H2,1-5H3. The Morgan fingerprint density at radius 2 is 2.16 bits per heavy atom. The molecule has 0 aliphatic carbocycles. The molecule has 1 aliphatic heterocycles. The lowest BCUT2D eigenvalue weighted by molar-refractivity contribution is -0.140. The largest absolute Gasteiger partial charge is 0.359 e. The maximum absolute atomic E-state index is 12.5. The summed E-state index contributed by atoms with van der Waals surface area (Å²) in [6, 6.07) is 2.07. The lowest BCUT2D eigenvalue weighted by atomic mass is 9.94. The number of carbonyl (C=O) groups excluding carboxylic acids is 1. The van der Waals surface area contributed by atoms with Crippen LogP contribution in [0.4, 0.5) is 0 Å². The van der Waals surface area contributed by atoms with Gasteiger partial charge in [0.1, 0.15) is 0 Å². The van der Waals surface area contributed by atoms with Crippen molar-refractivity contribution in [1.82, 2.24) is 10.1 Å². The number of aromatic nitrogens is 1. The highest BCUT2D eigenvalue weighted by atomic mass is 16.5. The van der Waals surface area contributed by atoms with E-state index in [9.17, 15) is 4.79 Å². The number of likely N-dealkylation sites (tertiary alicyclic amines) is 1. The lowest BCUT2D eigenvalue weighted by Crippen LogP contribution is -2.38. The van der Waals surface area contributed by atoms with Crippen LogP contribution < -0.4 is 0 Å². The predicted molar refractivity (Wildman–Crippen MR) is 73.7 cm³/mol. The summed E-state index contributed by atoms with van der Waals surface area (Å²) in [4.78, 5) is 14.4. The number of hydrogen-bond donors (Lipinski definition) is 0. The second kappa shape index (κ2) is 4.99. The monoisotopic (exact) mass is 264 g/mol. The normalized spacial score (nSPS) is 20.3. The first-order chi connectivity index (χ1) is 8.80. The molecule has 106 valence electrons. The molecule has 0 radical (unpaired) electrons. The SMILES string of the molecule is CC(C)c1cc(C2CCCN2C(=O)C(C)(C)C)on1. The third kappa shape index (κ3) is 2.82.